The second-order valence-electron chi connectivity index (χ2n) is 5.07. The van der Waals surface area contributed by atoms with Gasteiger partial charge >= 0.3 is 6.09 Å². The van der Waals surface area contributed by atoms with Crippen LogP contribution in [-0.4, -0.2) is 33.9 Å². The van der Waals surface area contributed by atoms with E-state index >= 15 is 0 Å². The Balaban J connectivity index is 2.16. The van der Waals surface area contributed by atoms with E-state index in [0.717, 1.165) is 5.56 Å². The zero-order valence-electron chi connectivity index (χ0n) is 10.9. The molecule has 0 aliphatic carbocycles. The first-order chi connectivity index (χ1) is 8.89. The maximum absolute atomic E-state index is 12.3. The summed E-state index contributed by atoms with van der Waals surface area (Å²) in [4.78, 5) is 25.2. The summed E-state index contributed by atoms with van der Waals surface area (Å²) in [5, 5.41) is 0. The minimum absolute atomic E-state index is 0.237. The van der Waals surface area contributed by atoms with Crippen molar-refractivity contribution in [3.63, 3.8) is 0 Å². The first kappa shape index (κ1) is 14.1. The molecule has 2 rings (SSSR count). The zero-order chi connectivity index (χ0) is 14.0. The standard InChI is InChI=1S/C14H16BrNO3/c1-14(2,15)12(17)16-11(9-19-13(16)18)8-10-6-4-3-5-7-10/h3-7,11H,8-9H2,1-2H3/t11-/m1/s1. The Kier molecular flexibility index (Phi) is 3.94. The van der Waals surface area contributed by atoms with Gasteiger partial charge in [-0.15, -0.1) is 0 Å². The normalized spacial score (nSPS) is 19.4. The molecule has 1 aromatic rings. The Hall–Kier alpha value is -1.36. The van der Waals surface area contributed by atoms with Crippen LogP contribution in [0, 0.1) is 0 Å². The SMILES string of the molecule is CC(C)(Br)C(=O)N1C(=O)OC[C@H]1Cc1ccccc1. The van der Waals surface area contributed by atoms with Crippen molar-refractivity contribution in [3.05, 3.63) is 35.9 Å². The third-order valence-electron chi connectivity index (χ3n) is 3.00. The van der Waals surface area contributed by atoms with Crippen LogP contribution in [0.3, 0.4) is 0 Å². The van der Waals surface area contributed by atoms with E-state index in [-0.39, 0.29) is 18.6 Å². The molecule has 102 valence electrons. The first-order valence-corrected chi connectivity index (χ1v) is 6.92. The number of halogens is 1. The average Bonchev–Trinajstić information content (AvgIpc) is 2.70. The lowest BCUT2D eigenvalue weighted by molar-refractivity contribution is -0.130. The Morgan fingerprint density at radius 3 is 2.63 bits per heavy atom. The highest BCUT2D eigenvalue weighted by atomic mass is 79.9. The molecule has 1 aliphatic rings. The molecule has 1 fully saturated rings. The Morgan fingerprint density at radius 1 is 1.42 bits per heavy atom. The first-order valence-electron chi connectivity index (χ1n) is 6.13. The molecule has 19 heavy (non-hydrogen) atoms. The number of ether oxygens (including phenoxy) is 1. The van der Waals surface area contributed by atoms with Crippen LogP contribution in [0.1, 0.15) is 19.4 Å². The maximum Gasteiger partial charge on any atom is 0.417 e. The second kappa shape index (κ2) is 5.33. The van der Waals surface area contributed by atoms with Crippen LogP contribution < -0.4 is 0 Å². The van der Waals surface area contributed by atoms with Crippen LogP contribution in [0.25, 0.3) is 0 Å². The van der Waals surface area contributed by atoms with Crippen LogP contribution in [-0.2, 0) is 16.0 Å². The number of cyclic esters (lactones) is 1. The van der Waals surface area contributed by atoms with Gasteiger partial charge in [0.2, 0.25) is 5.91 Å². The highest BCUT2D eigenvalue weighted by Gasteiger charge is 2.42. The molecule has 2 amide bonds. The van der Waals surface area contributed by atoms with E-state index in [9.17, 15) is 9.59 Å². The summed E-state index contributed by atoms with van der Waals surface area (Å²) in [6.45, 7) is 3.70. The predicted molar refractivity (Wildman–Crippen MR) is 75.1 cm³/mol. The van der Waals surface area contributed by atoms with Gasteiger partial charge in [-0.3, -0.25) is 4.79 Å². The highest BCUT2D eigenvalue weighted by Crippen LogP contribution is 2.25. The number of imide groups is 1. The Bertz CT molecular complexity index is 481. The van der Waals surface area contributed by atoms with Gasteiger partial charge in [0.05, 0.1) is 10.4 Å². The molecule has 4 nitrogen and oxygen atoms in total. The van der Waals surface area contributed by atoms with Crippen LogP contribution in [0.15, 0.2) is 30.3 Å². The third kappa shape index (κ3) is 3.15. The van der Waals surface area contributed by atoms with Gasteiger partial charge < -0.3 is 4.74 Å². The van der Waals surface area contributed by atoms with Gasteiger partial charge in [0.15, 0.2) is 0 Å². The third-order valence-corrected chi connectivity index (χ3v) is 3.34. The minimum Gasteiger partial charge on any atom is -0.447 e. The van der Waals surface area contributed by atoms with Gasteiger partial charge in [0.25, 0.3) is 0 Å². The maximum atomic E-state index is 12.3. The summed E-state index contributed by atoms with van der Waals surface area (Å²) in [5.74, 6) is -0.268. The van der Waals surface area contributed by atoms with E-state index in [1.807, 2.05) is 30.3 Å². The summed E-state index contributed by atoms with van der Waals surface area (Å²) in [7, 11) is 0. The van der Waals surface area contributed by atoms with Crippen molar-refractivity contribution in [1.82, 2.24) is 4.90 Å². The van der Waals surface area contributed by atoms with E-state index in [1.54, 1.807) is 13.8 Å². The summed E-state index contributed by atoms with van der Waals surface area (Å²) >= 11 is 3.30. The lowest BCUT2D eigenvalue weighted by Crippen LogP contribution is -2.47. The molecule has 1 saturated heterocycles. The summed E-state index contributed by atoms with van der Waals surface area (Å²) in [5.41, 5.74) is 1.08. The predicted octanol–water partition coefficient (Wildman–Crippen LogP) is 2.75. The molecule has 0 bridgehead atoms. The van der Waals surface area contributed by atoms with Crippen molar-refractivity contribution >= 4 is 27.9 Å². The topological polar surface area (TPSA) is 46.6 Å². The largest absolute Gasteiger partial charge is 0.447 e. The quantitative estimate of drug-likeness (QED) is 0.803. The fraction of sp³-hybridized carbons (Fsp3) is 0.429. The van der Waals surface area contributed by atoms with Crippen molar-refractivity contribution in [2.75, 3.05) is 6.61 Å². The number of nitrogens with zero attached hydrogens (tertiary/aromatic N) is 1. The highest BCUT2D eigenvalue weighted by molar-refractivity contribution is 9.10. The number of alkyl halides is 1. The monoisotopic (exact) mass is 325 g/mol. The molecule has 1 heterocycles. The number of hydrogen-bond donors (Lipinski definition) is 0. The second-order valence-corrected chi connectivity index (χ2v) is 7.05. The fourth-order valence-corrected chi connectivity index (χ4v) is 2.22. The molecule has 0 N–H and O–H groups in total. The number of carbonyl (C=O) groups excluding carboxylic acids is 2. The number of carbonyl (C=O) groups is 2. The molecule has 5 heteroatoms. The van der Waals surface area contributed by atoms with Crippen LogP contribution in [0.4, 0.5) is 4.79 Å². The molecule has 1 aliphatic heterocycles. The van der Waals surface area contributed by atoms with Crippen molar-refractivity contribution in [2.45, 2.75) is 30.6 Å². The summed E-state index contributed by atoms with van der Waals surface area (Å²) in [6.07, 6.45) is 0.0555. The fourth-order valence-electron chi connectivity index (χ4n) is 2.03. The van der Waals surface area contributed by atoms with E-state index in [1.165, 1.54) is 4.90 Å². The van der Waals surface area contributed by atoms with Crippen molar-refractivity contribution in [3.8, 4) is 0 Å². The molecule has 0 spiro atoms. The van der Waals surface area contributed by atoms with E-state index in [2.05, 4.69) is 15.9 Å². The van der Waals surface area contributed by atoms with E-state index in [0.29, 0.717) is 6.42 Å². The summed E-state index contributed by atoms with van der Waals surface area (Å²) < 4.78 is 4.24. The molecule has 0 radical (unpaired) electrons. The Labute approximate surface area is 120 Å². The van der Waals surface area contributed by atoms with Gasteiger partial charge in [-0.2, -0.15) is 0 Å². The van der Waals surface area contributed by atoms with Gasteiger partial charge in [0, 0.05) is 0 Å². The smallest absolute Gasteiger partial charge is 0.417 e. The van der Waals surface area contributed by atoms with Gasteiger partial charge in [0.1, 0.15) is 6.61 Å². The van der Waals surface area contributed by atoms with Crippen molar-refractivity contribution in [2.24, 2.45) is 0 Å². The Morgan fingerprint density at radius 2 is 2.05 bits per heavy atom. The van der Waals surface area contributed by atoms with Crippen LogP contribution in [0.5, 0.6) is 0 Å². The molecule has 0 saturated carbocycles. The van der Waals surface area contributed by atoms with Crippen molar-refractivity contribution in [1.29, 1.82) is 0 Å². The van der Waals surface area contributed by atoms with E-state index < -0.39 is 10.4 Å². The lowest BCUT2D eigenvalue weighted by atomic mass is 10.0. The molecule has 0 aromatic heterocycles. The number of hydrogen-bond acceptors (Lipinski definition) is 3. The number of amides is 2. The van der Waals surface area contributed by atoms with Gasteiger partial charge in [-0.1, -0.05) is 46.3 Å². The zero-order valence-corrected chi connectivity index (χ0v) is 12.5. The van der Waals surface area contributed by atoms with Crippen LogP contribution in [0.2, 0.25) is 0 Å². The van der Waals surface area contributed by atoms with Gasteiger partial charge in [-0.25, -0.2) is 9.69 Å². The van der Waals surface area contributed by atoms with Crippen molar-refractivity contribution < 1.29 is 14.3 Å². The number of rotatable bonds is 3. The molecular weight excluding hydrogens is 310 g/mol. The lowest BCUT2D eigenvalue weighted by Gasteiger charge is -2.25. The molecule has 0 unspecified atom stereocenters. The van der Waals surface area contributed by atoms with E-state index in [4.69, 9.17) is 4.74 Å². The van der Waals surface area contributed by atoms with Gasteiger partial charge in [-0.05, 0) is 25.8 Å². The number of benzene rings is 1. The molecule has 1 aromatic carbocycles. The van der Waals surface area contributed by atoms with Crippen LogP contribution >= 0.6 is 15.9 Å². The molecule has 1 atom stereocenters. The average molecular weight is 326 g/mol. The minimum atomic E-state index is -0.773. The summed E-state index contributed by atoms with van der Waals surface area (Å²) in [6, 6.07) is 9.53. The molecular formula is C14H16BrNO3.